The maximum atomic E-state index is 5.53. The molecule has 1 heterocycles. The van der Waals surface area contributed by atoms with Gasteiger partial charge in [0.25, 0.3) is 0 Å². The van der Waals surface area contributed by atoms with Crippen molar-refractivity contribution in [2.24, 2.45) is 11.1 Å². The SMILES string of the molecule is CCC1(CNc2ccc(C(N)=S)nc2)CCCC1. The lowest BCUT2D eigenvalue weighted by Crippen LogP contribution is -2.26. The Bertz CT molecular complexity index is 408. The Morgan fingerprint density at radius 2 is 2.17 bits per heavy atom. The third-order valence-electron chi connectivity index (χ3n) is 4.10. The molecule has 1 aromatic rings. The van der Waals surface area contributed by atoms with Crippen molar-refractivity contribution in [1.29, 1.82) is 0 Å². The van der Waals surface area contributed by atoms with Crippen LogP contribution in [0.1, 0.15) is 44.7 Å². The number of anilines is 1. The van der Waals surface area contributed by atoms with Crippen molar-refractivity contribution in [3.63, 3.8) is 0 Å². The van der Waals surface area contributed by atoms with Gasteiger partial charge in [-0.2, -0.15) is 0 Å². The molecule has 0 amide bonds. The van der Waals surface area contributed by atoms with E-state index in [4.69, 9.17) is 18.0 Å². The van der Waals surface area contributed by atoms with E-state index in [-0.39, 0.29) is 0 Å². The Hall–Kier alpha value is -1.16. The van der Waals surface area contributed by atoms with Crippen LogP contribution in [0.3, 0.4) is 0 Å². The number of pyridine rings is 1. The minimum absolute atomic E-state index is 0.349. The topological polar surface area (TPSA) is 50.9 Å². The van der Waals surface area contributed by atoms with Gasteiger partial charge in [-0.3, -0.25) is 4.98 Å². The van der Waals surface area contributed by atoms with Gasteiger partial charge in [0.05, 0.1) is 17.6 Å². The lowest BCUT2D eigenvalue weighted by atomic mass is 9.83. The fourth-order valence-electron chi connectivity index (χ4n) is 2.71. The van der Waals surface area contributed by atoms with Crippen LogP contribution >= 0.6 is 12.2 Å². The lowest BCUT2D eigenvalue weighted by molar-refractivity contribution is 0.307. The summed E-state index contributed by atoms with van der Waals surface area (Å²) in [6.45, 7) is 3.33. The van der Waals surface area contributed by atoms with Crippen molar-refractivity contribution in [2.75, 3.05) is 11.9 Å². The summed E-state index contributed by atoms with van der Waals surface area (Å²) in [6, 6.07) is 3.87. The van der Waals surface area contributed by atoms with Crippen molar-refractivity contribution < 1.29 is 0 Å². The Balaban J connectivity index is 1.95. The highest BCUT2D eigenvalue weighted by Gasteiger charge is 2.31. The van der Waals surface area contributed by atoms with Gasteiger partial charge in [-0.1, -0.05) is 32.0 Å². The first-order chi connectivity index (χ1) is 8.65. The van der Waals surface area contributed by atoms with Crippen molar-refractivity contribution in [1.82, 2.24) is 4.98 Å². The second kappa shape index (κ2) is 5.65. The molecule has 0 radical (unpaired) electrons. The van der Waals surface area contributed by atoms with Crippen LogP contribution in [0.15, 0.2) is 18.3 Å². The van der Waals surface area contributed by atoms with E-state index >= 15 is 0 Å². The summed E-state index contributed by atoms with van der Waals surface area (Å²) in [7, 11) is 0. The third kappa shape index (κ3) is 2.99. The molecule has 1 aliphatic carbocycles. The van der Waals surface area contributed by atoms with Crippen LogP contribution in [-0.4, -0.2) is 16.5 Å². The second-order valence-corrected chi connectivity index (χ2v) is 5.65. The summed E-state index contributed by atoms with van der Waals surface area (Å²) in [5.74, 6) is 0. The van der Waals surface area contributed by atoms with Crippen LogP contribution < -0.4 is 11.1 Å². The van der Waals surface area contributed by atoms with Gasteiger partial charge in [0.1, 0.15) is 4.99 Å². The molecule has 4 heteroatoms. The number of hydrogen-bond acceptors (Lipinski definition) is 3. The lowest BCUT2D eigenvalue weighted by Gasteiger charge is -2.28. The zero-order valence-corrected chi connectivity index (χ0v) is 11.7. The standard InChI is InChI=1S/C14H21N3S/c1-2-14(7-3-4-8-14)10-17-11-5-6-12(13(15)18)16-9-11/h5-6,9,17H,2-4,7-8,10H2,1H3,(H2,15,18). The highest BCUT2D eigenvalue weighted by Crippen LogP contribution is 2.40. The first-order valence-electron chi connectivity index (χ1n) is 6.65. The molecule has 18 heavy (non-hydrogen) atoms. The Kier molecular flexibility index (Phi) is 4.17. The van der Waals surface area contributed by atoms with Gasteiger partial charge in [0.2, 0.25) is 0 Å². The average Bonchev–Trinajstić information content (AvgIpc) is 2.86. The smallest absolute Gasteiger partial charge is 0.122 e. The molecule has 0 atom stereocenters. The molecular formula is C14H21N3S. The van der Waals surface area contributed by atoms with Gasteiger partial charge in [0.15, 0.2) is 0 Å². The van der Waals surface area contributed by atoms with Gasteiger partial charge < -0.3 is 11.1 Å². The number of thiocarbonyl (C=S) groups is 1. The highest BCUT2D eigenvalue weighted by molar-refractivity contribution is 7.80. The molecule has 1 aromatic heterocycles. The summed E-state index contributed by atoms with van der Waals surface area (Å²) >= 11 is 4.89. The fourth-order valence-corrected chi connectivity index (χ4v) is 2.83. The monoisotopic (exact) mass is 263 g/mol. The van der Waals surface area contributed by atoms with Gasteiger partial charge in [-0.15, -0.1) is 0 Å². The first-order valence-corrected chi connectivity index (χ1v) is 7.06. The summed E-state index contributed by atoms with van der Waals surface area (Å²) < 4.78 is 0. The minimum atomic E-state index is 0.349. The summed E-state index contributed by atoms with van der Waals surface area (Å²) in [4.78, 5) is 4.59. The molecule has 2 rings (SSSR count). The largest absolute Gasteiger partial charge is 0.388 e. The molecule has 0 aliphatic heterocycles. The van der Waals surface area contributed by atoms with Gasteiger partial charge in [0, 0.05) is 6.54 Å². The van der Waals surface area contributed by atoms with Crippen molar-refractivity contribution >= 4 is 22.9 Å². The molecule has 1 saturated carbocycles. The van der Waals surface area contributed by atoms with Crippen LogP contribution in [0.4, 0.5) is 5.69 Å². The van der Waals surface area contributed by atoms with Crippen molar-refractivity contribution in [2.45, 2.75) is 39.0 Å². The van der Waals surface area contributed by atoms with Gasteiger partial charge >= 0.3 is 0 Å². The summed E-state index contributed by atoms with van der Waals surface area (Å²) in [6.07, 6.45) is 8.48. The summed E-state index contributed by atoms with van der Waals surface area (Å²) in [5.41, 5.74) is 7.75. The Morgan fingerprint density at radius 3 is 2.67 bits per heavy atom. The molecule has 0 aromatic carbocycles. The molecule has 0 saturated heterocycles. The van der Waals surface area contributed by atoms with E-state index in [1.807, 2.05) is 18.3 Å². The predicted molar refractivity (Wildman–Crippen MR) is 79.8 cm³/mol. The van der Waals surface area contributed by atoms with Gasteiger partial charge in [-0.25, -0.2) is 0 Å². The molecular weight excluding hydrogens is 242 g/mol. The van der Waals surface area contributed by atoms with Crippen molar-refractivity contribution in [3.8, 4) is 0 Å². The fraction of sp³-hybridized carbons (Fsp3) is 0.571. The molecule has 0 spiro atoms. The van der Waals surface area contributed by atoms with Crippen LogP contribution in [0, 0.1) is 5.41 Å². The molecule has 98 valence electrons. The maximum absolute atomic E-state index is 5.53. The quantitative estimate of drug-likeness (QED) is 0.802. The zero-order valence-electron chi connectivity index (χ0n) is 10.9. The zero-order chi connectivity index (χ0) is 13.0. The van der Waals surface area contributed by atoms with Gasteiger partial charge in [-0.05, 0) is 36.8 Å². The van der Waals surface area contributed by atoms with E-state index in [0.717, 1.165) is 12.2 Å². The highest BCUT2D eigenvalue weighted by atomic mass is 32.1. The Morgan fingerprint density at radius 1 is 1.44 bits per heavy atom. The number of nitrogens with zero attached hydrogens (tertiary/aromatic N) is 1. The predicted octanol–water partition coefficient (Wildman–Crippen LogP) is 3.10. The van der Waals surface area contributed by atoms with E-state index in [1.54, 1.807) is 0 Å². The number of hydrogen-bond donors (Lipinski definition) is 2. The van der Waals surface area contributed by atoms with E-state index in [2.05, 4.69) is 17.2 Å². The van der Waals surface area contributed by atoms with Crippen LogP contribution in [0.2, 0.25) is 0 Å². The number of nitrogens with one attached hydrogen (secondary N) is 1. The molecule has 1 fully saturated rings. The van der Waals surface area contributed by atoms with E-state index < -0.39 is 0 Å². The number of nitrogens with two attached hydrogens (primary N) is 1. The van der Waals surface area contributed by atoms with Crippen molar-refractivity contribution in [3.05, 3.63) is 24.0 Å². The molecule has 3 nitrogen and oxygen atoms in total. The number of rotatable bonds is 5. The number of aromatic nitrogens is 1. The molecule has 3 N–H and O–H groups in total. The molecule has 1 aliphatic rings. The van der Waals surface area contributed by atoms with E-state index in [1.165, 1.54) is 32.1 Å². The first kappa shape index (κ1) is 13.3. The van der Waals surface area contributed by atoms with E-state index in [9.17, 15) is 0 Å². The molecule has 0 bridgehead atoms. The third-order valence-corrected chi connectivity index (χ3v) is 4.31. The van der Waals surface area contributed by atoms with E-state index in [0.29, 0.717) is 16.1 Å². The minimum Gasteiger partial charge on any atom is -0.388 e. The normalized spacial score (nSPS) is 17.6. The van der Waals surface area contributed by atoms with Crippen LogP contribution in [-0.2, 0) is 0 Å². The second-order valence-electron chi connectivity index (χ2n) is 5.21. The van der Waals surface area contributed by atoms with Crippen LogP contribution in [0.25, 0.3) is 0 Å². The summed E-state index contributed by atoms with van der Waals surface area (Å²) in [5, 5.41) is 3.50. The average molecular weight is 263 g/mol. The maximum Gasteiger partial charge on any atom is 0.122 e. The van der Waals surface area contributed by atoms with Crippen LogP contribution in [0.5, 0.6) is 0 Å². The molecule has 0 unspecified atom stereocenters. The Labute approximate surface area is 114 Å².